The third kappa shape index (κ3) is 6.38. The van der Waals surface area contributed by atoms with Crippen LogP contribution in [0.5, 0.6) is 0 Å². The number of aliphatic imine (C=N–C) groups is 1. The lowest BCUT2D eigenvalue weighted by Gasteiger charge is -2.12. The standard InChI is InChI=1S/C19H23N7O2.HI/c1-2-3-11-20-19(21-13-15-7-9-16(10-8-15)26(27)28)22-14-18-24-23-17-6-4-5-12-25(17)18;/h4-10,12H,2-3,11,13-14H2,1H3,(H2,20,21,22);1H. The van der Waals surface area contributed by atoms with E-state index in [2.05, 4.69) is 32.7 Å². The Labute approximate surface area is 185 Å². The van der Waals surface area contributed by atoms with Gasteiger partial charge in [-0.15, -0.1) is 34.2 Å². The summed E-state index contributed by atoms with van der Waals surface area (Å²) in [6.07, 6.45) is 4.04. The fraction of sp³-hybridized carbons (Fsp3) is 0.316. The van der Waals surface area contributed by atoms with Crippen molar-refractivity contribution in [1.82, 2.24) is 25.2 Å². The number of non-ortho nitro benzene ring substituents is 1. The third-order valence-corrected chi connectivity index (χ3v) is 4.19. The summed E-state index contributed by atoms with van der Waals surface area (Å²) in [5, 5.41) is 25.7. The zero-order valence-corrected chi connectivity index (χ0v) is 18.4. The maximum atomic E-state index is 10.8. The fourth-order valence-electron chi connectivity index (χ4n) is 2.63. The second kappa shape index (κ2) is 11.3. The van der Waals surface area contributed by atoms with E-state index in [1.807, 2.05) is 28.8 Å². The van der Waals surface area contributed by atoms with Crippen molar-refractivity contribution in [2.45, 2.75) is 32.9 Å². The van der Waals surface area contributed by atoms with Crippen molar-refractivity contribution in [2.75, 3.05) is 6.54 Å². The lowest BCUT2D eigenvalue weighted by atomic mass is 10.2. The monoisotopic (exact) mass is 509 g/mol. The molecule has 0 atom stereocenters. The molecule has 3 rings (SSSR count). The number of halogens is 1. The van der Waals surface area contributed by atoms with E-state index in [-0.39, 0.29) is 29.7 Å². The molecule has 0 bridgehead atoms. The van der Waals surface area contributed by atoms with E-state index < -0.39 is 4.92 Å². The highest BCUT2D eigenvalue weighted by molar-refractivity contribution is 14.0. The number of hydrogen-bond donors (Lipinski definition) is 2. The summed E-state index contributed by atoms with van der Waals surface area (Å²) in [5.41, 5.74) is 1.77. The highest BCUT2D eigenvalue weighted by atomic mass is 127. The molecule has 2 N–H and O–H groups in total. The van der Waals surface area contributed by atoms with Crippen LogP contribution in [0.3, 0.4) is 0 Å². The molecule has 2 heterocycles. The molecular weight excluding hydrogens is 485 g/mol. The first kappa shape index (κ1) is 22.5. The van der Waals surface area contributed by atoms with Gasteiger partial charge in [0.15, 0.2) is 17.4 Å². The molecule has 154 valence electrons. The molecule has 0 unspecified atom stereocenters. The highest BCUT2D eigenvalue weighted by Gasteiger charge is 2.07. The maximum absolute atomic E-state index is 10.8. The van der Waals surface area contributed by atoms with Crippen molar-refractivity contribution in [1.29, 1.82) is 0 Å². The topological polar surface area (TPSA) is 110 Å². The van der Waals surface area contributed by atoms with Gasteiger partial charge in [0.25, 0.3) is 5.69 Å². The van der Waals surface area contributed by atoms with Crippen molar-refractivity contribution in [3.05, 3.63) is 70.2 Å². The van der Waals surface area contributed by atoms with Gasteiger partial charge in [0.1, 0.15) is 0 Å². The van der Waals surface area contributed by atoms with Crippen LogP contribution >= 0.6 is 24.0 Å². The lowest BCUT2D eigenvalue weighted by Crippen LogP contribution is -2.37. The molecule has 1 aromatic carbocycles. The van der Waals surface area contributed by atoms with Gasteiger partial charge in [-0.1, -0.05) is 31.5 Å². The zero-order valence-electron chi connectivity index (χ0n) is 16.1. The van der Waals surface area contributed by atoms with Crippen LogP contribution < -0.4 is 10.6 Å². The molecule has 0 spiro atoms. The number of nitrogens with zero attached hydrogens (tertiary/aromatic N) is 5. The first-order chi connectivity index (χ1) is 13.7. The van der Waals surface area contributed by atoms with Gasteiger partial charge in [-0.05, 0) is 24.1 Å². The number of fused-ring (bicyclic) bond motifs is 1. The van der Waals surface area contributed by atoms with E-state index in [0.29, 0.717) is 19.0 Å². The average molecular weight is 509 g/mol. The molecule has 3 aromatic rings. The Morgan fingerprint density at radius 3 is 2.69 bits per heavy atom. The number of nitro benzene ring substituents is 1. The average Bonchev–Trinajstić information content (AvgIpc) is 3.13. The molecule has 0 saturated heterocycles. The SMILES string of the molecule is CCCCNC(=NCc1ccc([N+](=O)[O-])cc1)NCc1nnc2ccccn12.I. The summed E-state index contributed by atoms with van der Waals surface area (Å²) in [4.78, 5) is 14.9. The van der Waals surface area contributed by atoms with E-state index in [0.717, 1.165) is 36.4 Å². The number of pyridine rings is 1. The van der Waals surface area contributed by atoms with Gasteiger partial charge in [0.2, 0.25) is 0 Å². The van der Waals surface area contributed by atoms with Gasteiger partial charge >= 0.3 is 0 Å². The molecule has 0 saturated carbocycles. The molecule has 0 amide bonds. The molecule has 10 heteroatoms. The van der Waals surface area contributed by atoms with Gasteiger partial charge in [-0.2, -0.15) is 0 Å². The summed E-state index contributed by atoms with van der Waals surface area (Å²) < 4.78 is 1.92. The number of nitro groups is 1. The second-order valence-electron chi connectivity index (χ2n) is 6.27. The molecule has 0 aliphatic carbocycles. The quantitative estimate of drug-likeness (QED) is 0.121. The summed E-state index contributed by atoms with van der Waals surface area (Å²) in [7, 11) is 0. The number of benzene rings is 1. The summed E-state index contributed by atoms with van der Waals surface area (Å²) in [6, 6.07) is 12.2. The first-order valence-corrected chi connectivity index (χ1v) is 9.21. The molecular formula is C19H24IN7O2. The van der Waals surface area contributed by atoms with Crippen molar-refractivity contribution < 1.29 is 4.92 Å². The van der Waals surface area contributed by atoms with Crippen molar-refractivity contribution in [2.24, 2.45) is 4.99 Å². The zero-order chi connectivity index (χ0) is 19.8. The number of hydrogen-bond acceptors (Lipinski definition) is 5. The van der Waals surface area contributed by atoms with Crippen molar-refractivity contribution >= 4 is 41.3 Å². The summed E-state index contributed by atoms with van der Waals surface area (Å²) in [5.74, 6) is 1.45. The van der Waals surface area contributed by atoms with Gasteiger partial charge in [-0.25, -0.2) is 4.99 Å². The lowest BCUT2D eigenvalue weighted by molar-refractivity contribution is -0.384. The van der Waals surface area contributed by atoms with Crippen LogP contribution in [0.4, 0.5) is 5.69 Å². The molecule has 0 radical (unpaired) electrons. The fourth-order valence-corrected chi connectivity index (χ4v) is 2.63. The number of aromatic nitrogens is 3. The maximum Gasteiger partial charge on any atom is 0.269 e. The van der Waals surface area contributed by atoms with Crippen molar-refractivity contribution in [3.8, 4) is 0 Å². The van der Waals surface area contributed by atoms with Crippen LogP contribution in [0.1, 0.15) is 31.2 Å². The van der Waals surface area contributed by atoms with Crippen LogP contribution in [0.25, 0.3) is 5.65 Å². The van der Waals surface area contributed by atoms with Gasteiger partial charge in [0.05, 0.1) is 18.0 Å². The number of rotatable bonds is 8. The van der Waals surface area contributed by atoms with E-state index >= 15 is 0 Å². The number of unbranched alkanes of at least 4 members (excludes halogenated alkanes) is 1. The molecule has 2 aromatic heterocycles. The van der Waals surface area contributed by atoms with E-state index in [9.17, 15) is 10.1 Å². The summed E-state index contributed by atoms with van der Waals surface area (Å²) >= 11 is 0. The van der Waals surface area contributed by atoms with Crippen LogP contribution in [-0.4, -0.2) is 32.0 Å². The largest absolute Gasteiger partial charge is 0.356 e. The molecule has 9 nitrogen and oxygen atoms in total. The molecule has 29 heavy (non-hydrogen) atoms. The van der Waals surface area contributed by atoms with E-state index in [4.69, 9.17) is 0 Å². The Balaban J connectivity index is 0.00000300. The predicted octanol–water partition coefficient (Wildman–Crippen LogP) is 3.29. The van der Waals surface area contributed by atoms with Crippen LogP contribution in [0.15, 0.2) is 53.7 Å². The Morgan fingerprint density at radius 1 is 1.17 bits per heavy atom. The van der Waals surface area contributed by atoms with Gasteiger partial charge in [0, 0.05) is 24.9 Å². The minimum Gasteiger partial charge on any atom is -0.356 e. The number of nitrogens with one attached hydrogen (secondary N) is 2. The Bertz CT molecular complexity index is 957. The van der Waals surface area contributed by atoms with E-state index in [1.54, 1.807) is 12.1 Å². The predicted molar refractivity (Wildman–Crippen MR) is 122 cm³/mol. The first-order valence-electron chi connectivity index (χ1n) is 9.21. The van der Waals surface area contributed by atoms with Gasteiger partial charge < -0.3 is 10.6 Å². The van der Waals surface area contributed by atoms with Crippen molar-refractivity contribution in [3.63, 3.8) is 0 Å². The smallest absolute Gasteiger partial charge is 0.269 e. The van der Waals surface area contributed by atoms with Crippen LogP contribution in [-0.2, 0) is 13.1 Å². The molecule has 0 aliphatic heterocycles. The van der Waals surface area contributed by atoms with Gasteiger partial charge in [-0.3, -0.25) is 14.5 Å². The molecule has 0 fully saturated rings. The Kier molecular flexibility index (Phi) is 8.77. The highest BCUT2D eigenvalue weighted by Crippen LogP contribution is 2.12. The third-order valence-electron chi connectivity index (χ3n) is 4.19. The Morgan fingerprint density at radius 2 is 1.97 bits per heavy atom. The van der Waals surface area contributed by atoms with Crippen LogP contribution in [0.2, 0.25) is 0 Å². The minimum absolute atomic E-state index is 0. The number of guanidine groups is 1. The van der Waals surface area contributed by atoms with E-state index in [1.165, 1.54) is 12.1 Å². The minimum atomic E-state index is -0.408. The summed E-state index contributed by atoms with van der Waals surface area (Å²) in [6.45, 7) is 3.83. The van der Waals surface area contributed by atoms with Crippen LogP contribution in [0, 0.1) is 10.1 Å². The molecule has 0 aliphatic rings. The Hall–Kier alpha value is -2.76. The second-order valence-corrected chi connectivity index (χ2v) is 6.27. The normalized spacial score (nSPS) is 11.1.